The Morgan fingerprint density at radius 1 is 1.29 bits per heavy atom. The van der Waals surface area contributed by atoms with E-state index in [0.717, 1.165) is 6.07 Å². The van der Waals surface area contributed by atoms with E-state index in [1.54, 1.807) is 0 Å². The zero-order chi connectivity index (χ0) is 10.3. The molecular weight excluding hydrogens is 217 g/mol. The van der Waals surface area contributed by atoms with Gasteiger partial charge in [0.2, 0.25) is 0 Å². The summed E-state index contributed by atoms with van der Waals surface area (Å²) in [6.07, 6.45) is -3.27. The molecule has 2 aromatic rings. The molecule has 1 radical (unpaired) electrons. The van der Waals surface area contributed by atoms with Crippen LogP contribution in [0.2, 0.25) is 5.02 Å². The highest BCUT2D eigenvalue weighted by molar-refractivity contribution is 6.36. The average molecular weight is 220 g/mol. The van der Waals surface area contributed by atoms with Gasteiger partial charge >= 0.3 is 6.18 Å². The van der Waals surface area contributed by atoms with Crippen LogP contribution in [-0.4, -0.2) is 0 Å². The molecule has 14 heavy (non-hydrogen) atoms. The molecule has 73 valence electrons. The van der Waals surface area contributed by atoms with Gasteiger partial charge in [-0.25, -0.2) is 0 Å². The maximum Gasteiger partial charge on any atom is 0.417 e. The molecule has 1 nitrogen and oxygen atoms in total. The monoisotopic (exact) mass is 219 g/mol. The first-order valence-electron chi connectivity index (χ1n) is 3.65. The van der Waals surface area contributed by atoms with E-state index in [1.807, 2.05) is 0 Å². The number of hydrogen-bond donors (Lipinski definition) is 0. The van der Waals surface area contributed by atoms with Gasteiger partial charge in [0, 0.05) is 11.5 Å². The molecule has 0 saturated heterocycles. The predicted octanol–water partition coefficient (Wildman–Crippen LogP) is 3.91. The highest BCUT2D eigenvalue weighted by Gasteiger charge is 2.33. The van der Waals surface area contributed by atoms with Gasteiger partial charge in [0.25, 0.3) is 0 Å². The number of hydrogen-bond acceptors (Lipinski definition) is 1. The maximum absolute atomic E-state index is 12.4. The SMILES string of the molecule is FC(F)(F)c1ccc2oc[c]c2c1Cl. The second kappa shape index (κ2) is 2.92. The molecule has 0 N–H and O–H groups in total. The van der Waals surface area contributed by atoms with E-state index < -0.39 is 11.7 Å². The number of halogens is 4. The van der Waals surface area contributed by atoms with Gasteiger partial charge in [-0.1, -0.05) is 11.6 Å². The highest BCUT2D eigenvalue weighted by atomic mass is 35.5. The van der Waals surface area contributed by atoms with Crippen molar-refractivity contribution in [2.75, 3.05) is 0 Å². The van der Waals surface area contributed by atoms with Crippen LogP contribution in [0, 0.1) is 6.07 Å². The van der Waals surface area contributed by atoms with Crippen molar-refractivity contribution in [2.45, 2.75) is 6.18 Å². The molecule has 0 amide bonds. The molecule has 0 unspecified atom stereocenters. The molecule has 0 atom stereocenters. The lowest BCUT2D eigenvalue weighted by Crippen LogP contribution is -2.05. The van der Waals surface area contributed by atoms with E-state index in [9.17, 15) is 13.2 Å². The van der Waals surface area contributed by atoms with Crippen molar-refractivity contribution in [1.29, 1.82) is 0 Å². The zero-order valence-corrected chi connectivity index (χ0v) is 7.41. The van der Waals surface area contributed by atoms with Crippen LogP contribution in [0.15, 0.2) is 22.8 Å². The van der Waals surface area contributed by atoms with Gasteiger partial charge in [0.05, 0.1) is 16.8 Å². The third-order valence-corrected chi connectivity index (χ3v) is 2.19. The first-order valence-corrected chi connectivity index (χ1v) is 4.02. The van der Waals surface area contributed by atoms with Crippen molar-refractivity contribution >= 4 is 22.6 Å². The second-order valence-corrected chi connectivity index (χ2v) is 3.06. The minimum absolute atomic E-state index is 0.154. The summed E-state index contributed by atoms with van der Waals surface area (Å²) in [6, 6.07) is 4.62. The summed E-state index contributed by atoms with van der Waals surface area (Å²) in [4.78, 5) is 0. The van der Waals surface area contributed by atoms with Crippen LogP contribution in [0.5, 0.6) is 0 Å². The Balaban J connectivity index is 2.74. The van der Waals surface area contributed by atoms with E-state index in [1.165, 1.54) is 12.3 Å². The smallest absolute Gasteiger partial charge is 0.417 e. The van der Waals surface area contributed by atoms with Crippen molar-refractivity contribution in [1.82, 2.24) is 0 Å². The number of benzene rings is 1. The lowest BCUT2D eigenvalue weighted by atomic mass is 10.1. The summed E-state index contributed by atoms with van der Waals surface area (Å²) >= 11 is 5.56. The quantitative estimate of drug-likeness (QED) is 0.655. The molecule has 0 fully saturated rings. The fraction of sp³-hybridized carbons (Fsp3) is 0.111. The highest BCUT2D eigenvalue weighted by Crippen LogP contribution is 2.38. The Labute approximate surface area is 82.1 Å². The molecule has 0 saturated carbocycles. The molecule has 2 rings (SSSR count). The van der Waals surface area contributed by atoms with Gasteiger partial charge in [-0.2, -0.15) is 13.2 Å². The van der Waals surface area contributed by atoms with Crippen LogP contribution in [0.3, 0.4) is 0 Å². The number of furan rings is 1. The van der Waals surface area contributed by atoms with Gasteiger partial charge in [-0.05, 0) is 12.1 Å². The van der Waals surface area contributed by atoms with E-state index in [2.05, 4.69) is 6.07 Å². The molecule has 0 aliphatic rings. The summed E-state index contributed by atoms with van der Waals surface area (Å²) in [5.74, 6) is 0. The van der Waals surface area contributed by atoms with Crippen molar-refractivity contribution in [3.05, 3.63) is 35.0 Å². The minimum atomic E-state index is -4.45. The summed E-state index contributed by atoms with van der Waals surface area (Å²) in [5, 5.41) is -0.217. The predicted molar refractivity (Wildman–Crippen MR) is 45.1 cm³/mol. The Bertz CT molecular complexity index is 472. The first-order chi connectivity index (χ1) is 6.50. The lowest BCUT2D eigenvalue weighted by molar-refractivity contribution is -0.137. The Morgan fingerprint density at radius 2 is 2.00 bits per heavy atom. The maximum atomic E-state index is 12.4. The third kappa shape index (κ3) is 1.35. The molecule has 0 bridgehead atoms. The van der Waals surface area contributed by atoms with Crippen LogP contribution in [0.25, 0.3) is 11.0 Å². The van der Waals surface area contributed by atoms with Gasteiger partial charge in [-0.15, -0.1) is 0 Å². The summed E-state index contributed by atoms with van der Waals surface area (Å²) in [6.45, 7) is 0. The largest absolute Gasteiger partial charge is 0.464 e. The third-order valence-electron chi connectivity index (χ3n) is 1.80. The molecular formula is C9H3ClF3O. The van der Waals surface area contributed by atoms with Crippen molar-refractivity contribution in [3.63, 3.8) is 0 Å². The fourth-order valence-electron chi connectivity index (χ4n) is 1.16. The van der Waals surface area contributed by atoms with Crippen LogP contribution < -0.4 is 0 Å². The Hall–Kier alpha value is -1.16. The molecule has 0 spiro atoms. The van der Waals surface area contributed by atoms with Crippen molar-refractivity contribution < 1.29 is 17.6 Å². The summed E-state index contributed by atoms with van der Waals surface area (Å²) in [7, 11) is 0. The van der Waals surface area contributed by atoms with Crippen LogP contribution in [0.4, 0.5) is 13.2 Å². The van der Waals surface area contributed by atoms with Crippen LogP contribution in [-0.2, 0) is 6.18 Å². The lowest BCUT2D eigenvalue weighted by Gasteiger charge is -2.08. The van der Waals surface area contributed by atoms with Gasteiger partial charge in [0.15, 0.2) is 0 Å². The van der Waals surface area contributed by atoms with E-state index in [4.69, 9.17) is 16.0 Å². The normalized spacial score (nSPS) is 12.3. The number of rotatable bonds is 0. The molecule has 0 aliphatic heterocycles. The van der Waals surface area contributed by atoms with E-state index >= 15 is 0 Å². The Morgan fingerprint density at radius 3 is 2.64 bits per heavy atom. The van der Waals surface area contributed by atoms with Gasteiger partial charge in [-0.3, -0.25) is 0 Å². The van der Waals surface area contributed by atoms with Crippen molar-refractivity contribution in [3.8, 4) is 0 Å². The van der Waals surface area contributed by atoms with Crippen LogP contribution in [0.1, 0.15) is 5.56 Å². The molecule has 1 aromatic carbocycles. The minimum Gasteiger partial charge on any atom is -0.464 e. The number of alkyl halides is 3. The topological polar surface area (TPSA) is 13.1 Å². The molecule has 0 aliphatic carbocycles. The Kier molecular flexibility index (Phi) is 1.96. The number of fused-ring (bicyclic) bond motifs is 1. The van der Waals surface area contributed by atoms with Crippen LogP contribution >= 0.6 is 11.6 Å². The molecule has 1 heterocycles. The van der Waals surface area contributed by atoms with Crippen molar-refractivity contribution in [2.24, 2.45) is 0 Å². The fourth-order valence-corrected chi connectivity index (χ4v) is 1.48. The van der Waals surface area contributed by atoms with E-state index in [-0.39, 0.29) is 10.4 Å². The van der Waals surface area contributed by atoms with Gasteiger partial charge in [0.1, 0.15) is 5.58 Å². The average Bonchev–Trinajstić information content (AvgIpc) is 2.50. The molecule has 5 heteroatoms. The molecule has 1 aromatic heterocycles. The zero-order valence-electron chi connectivity index (χ0n) is 6.65. The standard InChI is InChI=1S/C9H3ClF3O/c10-8-5-3-4-14-7(5)2-1-6(8)9(11,12)13/h1-2,4H. The summed E-state index contributed by atoms with van der Waals surface area (Å²) < 4.78 is 41.9. The second-order valence-electron chi connectivity index (χ2n) is 2.68. The first kappa shape index (κ1) is 9.40. The van der Waals surface area contributed by atoms with Gasteiger partial charge < -0.3 is 4.42 Å². The van der Waals surface area contributed by atoms with E-state index in [0.29, 0.717) is 5.58 Å². The summed E-state index contributed by atoms with van der Waals surface area (Å²) in [5.41, 5.74) is -0.577.